The molecule has 0 amide bonds. The average molecular weight is 878 g/mol. The van der Waals surface area contributed by atoms with Gasteiger partial charge in [0.15, 0.2) is 0 Å². The number of anilines is 1. The van der Waals surface area contributed by atoms with Crippen molar-refractivity contribution in [3.8, 4) is 0 Å². The van der Waals surface area contributed by atoms with Crippen LogP contribution in [-0.4, -0.2) is 47.6 Å². The average Bonchev–Trinajstić information content (AvgIpc) is 3.09. The van der Waals surface area contributed by atoms with Gasteiger partial charge in [-0.25, -0.2) is 0 Å². The van der Waals surface area contributed by atoms with Crippen LogP contribution in [0.3, 0.4) is 0 Å². The van der Waals surface area contributed by atoms with Crippen LogP contribution in [0.5, 0.6) is 0 Å². The first kappa shape index (κ1) is 47.8. The fourth-order valence-corrected chi connectivity index (χ4v) is 10.9. The summed E-state index contributed by atoms with van der Waals surface area (Å²) < 4.78 is 180. The van der Waals surface area contributed by atoms with Crippen LogP contribution in [0.1, 0.15) is 110 Å². The molecule has 1 atom stereocenters. The number of allylic oxidation sites excluding steroid dienone is 2. The molecule has 0 bridgehead atoms. The zero-order valence-corrected chi connectivity index (χ0v) is 33.3. The summed E-state index contributed by atoms with van der Waals surface area (Å²) in [5.41, 5.74) is -19.1. The lowest BCUT2D eigenvalue weighted by Gasteiger charge is -2.34. The van der Waals surface area contributed by atoms with Gasteiger partial charge in [-0.15, -0.1) is 3.71 Å². The summed E-state index contributed by atoms with van der Waals surface area (Å²) in [5, 5.41) is 0. The van der Waals surface area contributed by atoms with Crippen molar-refractivity contribution in [1.29, 1.82) is 0 Å². The van der Waals surface area contributed by atoms with Gasteiger partial charge < -0.3 is 4.18 Å². The molecule has 1 aromatic carbocycles. The van der Waals surface area contributed by atoms with E-state index in [0.717, 1.165) is 67.6 Å². The molecule has 1 unspecified atom stereocenters. The van der Waals surface area contributed by atoms with Crippen LogP contribution in [0.2, 0.25) is 0 Å². The Labute approximate surface area is 322 Å². The van der Waals surface area contributed by atoms with Gasteiger partial charge in [-0.05, 0) is 105 Å². The third kappa shape index (κ3) is 12.7. The lowest BCUT2D eigenvalue weighted by molar-refractivity contribution is -0.121. The fraction of sp³-hybridized carbons (Fsp3) is 0.743. The molecule has 0 aromatic heterocycles. The highest BCUT2D eigenvalue weighted by Crippen LogP contribution is 2.42. The predicted molar refractivity (Wildman–Crippen MR) is 190 cm³/mol. The zero-order valence-electron chi connectivity index (χ0n) is 30.9. The first-order valence-electron chi connectivity index (χ1n) is 18.4. The van der Waals surface area contributed by atoms with E-state index in [4.69, 9.17) is 0 Å². The number of sulfonamides is 2. The van der Waals surface area contributed by atoms with Gasteiger partial charge >= 0.3 is 46.7 Å². The molecule has 3 fully saturated rings. The molecular weight excluding hydrogens is 830 g/mol. The first-order chi connectivity index (χ1) is 25.7. The zero-order chi connectivity index (χ0) is 42.3. The summed E-state index contributed by atoms with van der Waals surface area (Å²) in [7, 11) is -19.1. The van der Waals surface area contributed by atoms with Crippen LogP contribution in [0.4, 0.5) is 45.2 Å². The number of carbonyl (C=O) groups excluding carboxylic acids is 1. The van der Waals surface area contributed by atoms with Gasteiger partial charge in [0.25, 0.3) is 0 Å². The van der Waals surface area contributed by atoms with Crippen LogP contribution in [-0.2, 0) is 39.1 Å². The maximum absolute atomic E-state index is 12.4. The second kappa shape index (κ2) is 19.0. The molecule has 56 heavy (non-hydrogen) atoms. The minimum absolute atomic E-state index is 0.0623. The quantitative estimate of drug-likeness (QED) is 0.150. The van der Waals surface area contributed by atoms with Crippen molar-refractivity contribution in [2.75, 3.05) is 3.71 Å². The largest absolute Gasteiger partial charge is 0.534 e. The van der Waals surface area contributed by atoms with Gasteiger partial charge in [-0.2, -0.15) is 64.8 Å². The third-order valence-corrected chi connectivity index (χ3v) is 15.6. The van der Waals surface area contributed by atoms with E-state index in [0.29, 0.717) is 42.6 Å². The fourth-order valence-electron chi connectivity index (χ4n) is 7.61. The van der Waals surface area contributed by atoms with Crippen molar-refractivity contribution >= 4 is 41.6 Å². The van der Waals surface area contributed by atoms with E-state index in [1.807, 2.05) is 0 Å². The highest BCUT2D eigenvalue weighted by atomic mass is 32.3. The van der Waals surface area contributed by atoms with Crippen molar-refractivity contribution < 1.29 is 73.7 Å². The Morgan fingerprint density at radius 1 is 0.554 bits per heavy atom. The summed E-state index contributed by atoms with van der Waals surface area (Å²) in [6.45, 7) is 4.62. The summed E-state index contributed by atoms with van der Waals surface area (Å²) in [5.74, 6) is 5.06. The molecule has 21 heteroatoms. The number of rotatable bonds is 7. The Hall–Kier alpha value is -2.55. The monoisotopic (exact) mass is 877 g/mol. The van der Waals surface area contributed by atoms with Crippen molar-refractivity contribution in [2.45, 2.75) is 127 Å². The van der Waals surface area contributed by atoms with Crippen molar-refractivity contribution in [3.63, 3.8) is 0 Å². The SMILES string of the molecule is CC1CCC(C2CC=C(OS(=O)(=O)C(F)(F)F)CC2)CC1.CC1CCC(C2CCC(=O)CC2)CC1.O=S(=O)(N(c1ccccc1)S(=O)(=O)C(F)(F)F)C(F)(F)F. The molecule has 0 spiro atoms. The summed E-state index contributed by atoms with van der Waals surface area (Å²) in [6.07, 6.45) is 17.7. The molecule has 4 aliphatic rings. The number of para-hydroxylation sites is 1. The van der Waals surface area contributed by atoms with Crippen molar-refractivity contribution in [1.82, 2.24) is 0 Å². The molecule has 0 N–H and O–H groups in total. The summed E-state index contributed by atoms with van der Waals surface area (Å²) in [6, 6.07) is 3.85. The number of ketones is 1. The molecule has 3 saturated carbocycles. The standard InChI is InChI=1S/C14H21F3O3S.C13H22O.C8H5F6NO4S2/c1-10-2-4-11(5-3-10)12-6-8-13(9-7-12)20-21(18,19)14(15,16)17;1-10-2-4-11(5-3-10)12-6-8-13(14)9-7-12;9-7(10,11)20(16,17)15(6-4-2-1-3-5-6)21(18,19)8(12,13)14/h8,10-12H,2-7,9H2,1H3;10-12H,2-9H2,1H3;1-5H. The summed E-state index contributed by atoms with van der Waals surface area (Å²) >= 11 is 0. The van der Waals surface area contributed by atoms with Crippen LogP contribution in [0, 0.1) is 35.5 Å². The van der Waals surface area contributed by atoms with Crippen molar-refractivity contribution in [3.05, 3.63) is 42.2 Å². The lowest BCUT2D eigenvalue weighted by atomic mass is 9.71. The van der Waals surface area contributed by atoms with E-state index >= 15 is 0 Å². The number of Topliss-reactive ketones (excluding diaryl/α,β-unsaturated/α-hetero) is 1. The van der Waals surface area contributed by atoms with Crippen LogP contribution >= 0.6 is 0 Å². The van der Waals surface area contributed by atoms with Crippen LogP contribution < -0.4 is 3.71 Å². The highest BCUT2D eigenvalue weighted by Gasteiger charge is 2.61. The molecule has 322 valence electrons. The van der Waals surface area contributed by atoms with E-state index in [1.54, 1.807) is 0 Å². The lowest BCUT2D eigenvalue weighted by Crippen LogP contribution is -2.49. The first-order valence-corrected chi connectivity index (χ1v) is 22.7. The topological polar surface area (TPSA) is 132 Å². The van der Waals surface area contributed by atoms with Crippen LogP contribution in [0.25, 0.3) is 0 Å². The second-order valence-corrected chi connectivity index (χ2v) is 20.4. The molecule has 0 saturated heterocycles. The molecule has 0 heterocycles. The Morgan fingerprint density at radius 2 is 0.946 bits per heavy atom. The number of halogens is 9. The number of alkyl halides is 9. The van der Waals surface area contributed by atoms with E-state index < -0.39 is 56.1 Å². The maximum Gasteiger partial charge on any atom is 0.534 e. The van der Waals surface area contributed by atoms with E-state index in [2.05, 4.69) is 18.0 Å². The Morgan fingerprint density at radius 3 is 1.32 bits per heavy atom. The molecule has 0 radical (unpaired) electrons. The number of benzene rings is 1. The van der Waals surface area contributed by atoms with Gasteiger partial charge in [-0.1, -0.05) is 57.7 Å². The number of hydrogen-bond acceptors (Lipinski definition) is 8. The highest BCUT2D eigenvalue weighted by molar-refractivity contribution is 8.11. The molecule has 9 nitrogen and oxygen atoms in total. The van der Waals surface area contributed by atoms with Gasteiger partial charge in [0.2, 0.25) is 0 Å². The molecule has 5 rings (SSSR count). The number of hydrogen-bond donors (Lipinski definition) is 0. The van der Waals surface area contributed by atoms with E-state index in [-0.39, 0.29) is 12.2 Å². The molecular formula is C35H48F9NO8S3. The molecule has 1 aromatic rings. The van der Waals surface area contributed by atoms with Gasteiger partial charge in [0.05, 0.1) is 5.69 Å². The Balaban J connectivity index is 0.000000230. The van der Waals surface area contributed by atoms with Gasteiger partial charge in [0, 0.05) is 19.3 Å². The minimum Gasteiger partial charge on any atom is -0.381 e. The maximum atomic E-state index is 12.4. The molecule has 4 aliphatic carbocycles. The third-order valence-electron chi connectivity index (χ3n) is 10.9. The van der Waals surface area contributed by atoms with Crippen LogP contribution in [0.15, 0.2) is 42.2 Å². The normalized spacial score (nSPS) is 26.1. The van der Waals surface area contributed by atoms with Crippen molar-refractivity contribution in [2.24, 2.45) is 35.5 Å². The van der Waals surface area contributed by atoms with Gasteiger partial charge in [-0.3, -0.25) is 4.79 Å². The smallest absolute Gasteiger partial charge is 0.381 e. The molecule has 0 aliphatic heterocycles. The summed E-state index contributed by atoms with van der Waals surface area (Å²) in [4.78, 5) is 11.1. The number of nitrogens with zero attached hydrogens (tertiary/aromatic N) is 1. The van der Waals surface area contributed by atoms with E-state index in [9.17, 15) is 69.6 Å². The Kier molecular flexibility index (Phi) is 16.2. The van der Waals surface area contributed by atoms with E-state index in [1.165, 1.54) is 57.4 Å². The predicted octanol–water partition coefficient (Wildman–Crippen LogP) is 10.1. The van der Waals surface area contributed by atoms with Gasteiger partial charge in [0.1, 0.15) is 11.5 Å². The Bertz CT molecular complexity index is 1750. The minimum atomic E-state index is -6.81. The second-order valence-electron chi connectivity index (χ2n) is 15.0. The number of carbonyl (C=O) groups is 1.